The van der Waals surface area contributed by atoms with E-state index in [1.165, 1.54) is 17.5 Å². The topological polar surface area (TPSA) is 24.9 Å². The van der Waals surface area contributed by atoms with E-state index in [-0.39, 0.29) is 6.04 Å². The molecule has 0 aliphatic heterocycles. The largest absolute Gasteiger partial charge is 0.305 e. The number of hydrogen-bond acceptors (Lipinski definition) is 2. The third kappa shape index (κ3) is 4.39. The highest BCUT2D eigenvalue weighted by molar-refractivity contribution is 9.10. The van der Waals surface area contributed by atoms with Gasteiger partial charge in [-0.2, -0.15) is 0 Å². The van der Waals surface area contributed by atoms with Crippen molar-refractivity contribution in [2.24, 2.45) is 0 Å². The highest BCUT2D eigenvalue weighted by atomic mass is 79.9. The first-order valence-corrected chi connectivity index (χ1v) is 8.48. The lowest BCUT2D eigenvalue weighted by Gasteiger charge is -2.20. The van der Waals surface area contributed by atoms with Gasteiger partial charge < -0.3 is 5.32 Å². The second-order valence-corrected chi connectivity index (χ2v) is 6.11. The lowest BCUT2D eigenvalue weighted by atomic mass is 9.99. The zero-order chi connectivity index (χ0) is 15.1. The lowest BCUT2D eigenvalue weighted by molar-refractivity contribution is 0.584. The fraction of sp³-hybridized carbons (Fsp3) is 0.389. The summed E-state index contributed by atoms with van der Waals surface area (Å²) in [6.07, 6.45) is 5.26. The summed E-state index contributed by atoms with van der Waals surface area (Å²) in [4.78, 5) is 4.57. The molecule has 21 heavy (non-hydrogen) atoms. The third-order valence-electron chi connectivity index (χ3n) is 3.48. The molecule has 0 aliphatic carbocycles. The van der Waals surface area contributed by atoms with Crippen LogP contribution in [-0.4, -0.2) is 11.5 Å². The average molecular weight is 347 g/mol. The molecule has 2 nitrogen and oxygen atoms in total. The number of pyridine rings is 1. The second-order valence-electron chi connectivity index (χ2n) is 5.25. The highest BCUT2D eigenvalue weighted by Gasteiger charge is 2.17. The first kappa shape index (κ1) is 16.2. The van der Waals surface area contributed by atoms with E-state index in [0.717, 1.165) is 29.6 Å². The molecule has 3 heteroatoms. The Balaban J connectivity index is 2.36. The molecule has 2 aromatic rings. The Morgan fingerprint density at radius 3 is 2.71 bits per heavy atom. The molecule has 0 fully saturated rings. The summed E-state index contributed by atoms with van der Waals surface area (Å²) in [6.45, 7) is 5.38. The van der Waals surface area contributed by atoms with Crippen LogP contribution in [0, 0.1) is 0 Å². The number of halogens is 1. The molecule has 1 aromatic heterocycles. The molecule has 0 aliphatic rings. The zero-order valence-corrected chi connectivity index (χ0v) is 14.4. The molecule has 1 aromatic carbocycles. The number of rotatable bonds is 7. The van der Waals surface area contributed by atoms with Crippen LogP contribution in [0.3, 0.4) is 0 Å². The molecule has 0 bridgehead atoms. The van der Waals surface area contributed by atoms with Crippen molar-refractivity contribution in [2.75, 3.05) is 6.54 Å². The standard InChI is InChI=1S/C18H23BrN2/c1-3-7-14-8-5-9-15(13-14)17(20-11-4-2)18-16(19)10-6-12-21-18/h5-6,8-10,12-13,17,20H,3-4,7,11H2,1-2H3. The van der Waals surface area contributed by atoms with Crippen LogP contribution in [0.2, 0.25) is 0 Å². The quantitative estimate of drug-likeness (QED) is 0.772. The van der Waals surface area contributed by atoms with Crippen LogP contribution < -0.4 is 5.32 Å². The number of aromatic nitrogens is 1. The van der Waals surface area contributed by atoms with E-state index in [4.69, 9.17) is 0 Å². The van der Waals surface area contributed by atoms with Gasteiger partial charge in [-0.1, -0.05) is 44.5 Å². The van der Waals surface area contributed by atoms with E-state index in [9.17, 15) is 0 Å². The van der Waals surface area contributed by atoms with Crippen LogP contribution in [0.4, 0.5) is 0 Å². The fourth-order valence-corrected chi connectivity index (χ4v) is 2.97. The van der Waals surface area contributed by atoms with Gasteiger partial charge in [-0.3, -0.25) is 4.98 Å². The predicted molar refractivity (Wildman–Crippen MR) is 92.5 cm³/mol. The van der Waals surface area contributed by atoms with Gasteiger partial charge in [0.05, 0.1) is 11.7 Å². The lowest BCUT2D eigenvalue weighted by Crippen LogP contribution is -2.24. The minimum absolute atomic E-state index is 0.136. The van der Waals surface area contributed by atoms with Gasteiger partial charge in [0.15, 0.2) is 0 Å². The molecule has 1 unspecified atom stereocenters. The Kier molecular flexibility index (Phi) is 6.40. The Bertz CT molecular complexity index is 569. The van der Waals surface area contributed by atoms with Gasteiger partial charge in [0.2, 0.25) is 0 Å². The summed E-state index contributed by atoms with van der Waals surface area (Å²) in [5.41, 5.74) is 3.73. The van der Waals surface area contributed by atoms with Crippen LogP contribution in [-0.2, 0) is 6.42 Å². The first-order valence-electron chi connectivity index (χ1n) is 7.68. The molecule has 0 saturated heterocycles. The molecule has 112 valence electrons. The summed E-state index contributed by atoms with van der Waals surface area (Å²) < 4.78 is 1.06. The molecule has 0 spiro atoms. The summed E-state index contributed by atoms with van der Waals surface area (Å²) in [5, 5.41) is 3.62. The van der Waals surface area contributed by atoms with Crippen LogP contribution in [0.15, 0.2) is 47.1 Å². The maximum atomic E-state index is 4.57. The van der Waals surface area contributed by atoms with Crippen LogP contribution in [0.25, 0.3) is 0 Å². The number of benzene rings is 1. The maximum absolute atomic E-state index is 4.57. The minimum atomic E-state index is 0.136. The normalized spacial score (nSPS) is 12.3. The van der Waals surface area contributed by atoms with Crippen LogP contribution in [0.5, 0.6) is 0 Å². The van der Waals surface area contributed by atoms with E-state index in [1.807, 2.05) is 12.3 Å². The van der Waals surface area contributed by atoms with E-state index in [2.05, 4.69) is 70.4 Å². The summed E-state index contributed by atoms with van der Waals surface area (Å²) in [7, 11) is 0. The SMILES string of the molecule is CCCNC(c1cccc(CCC)c1)c1ncccc1Br. The van der Waals surface area contributed by atoms with Gasteiger partial charge in [0, 0.05) is 10.7 Å². The molecule has 1 heterocycles. The highest BCUT2D eigenvalue weighted by Crippen LogP contribution is 2.27. The smallest absolute Gasteiger partial charge is 0.0763 e. The van der Waals surface area contributed by atoms with Gasteiger partial charge in [0.1, 0.15) is 0 Å². The molecule has 0 amide bonds. The van der Waals surface area contributed by atoms with Crippen molar-refractivity contribution in [1.82, 2.24) is 10.3 Å². The molecule has 0 radical (unpaired) electrons. The van der Waals surface area contributed by atoms with E-state index < -0.39 is 0 Å². The predicted octanol–water partition coefficient (Wildman–Crippen LogP) is 4.89. The summed E-state index contributed by atoms with van der Waals surface area (Å²) in [6, 6.07) is 13.0. The molecule has 1 N–H and O–H groups in total. The molecule has 1 atom stereocenters. The van der Waals surface area contributed by atoms with E-state index >= 15 is 0 Å². The van der Waals surface area contributed by atoms with Crippen molar-refractivity contribution in [3.05, 3.63) is 63.9 Å². The van der Waals surface area contributed by atoms with Gasteiger partial charge in [0.25, 0.3) is 0 Å². The van der Waals surface area contributed by atoms with Crippen molar-refractivity contribution in [3.63, 3.8) is 0 Å². The second kappa shape index (κ2) is 8.30. The average Bonchev–Trinajstić information content (AvgIpc) is 2.50. The summed E-state index contributed by atoms with van der Waals surface area (Å²) >= 11 is 3.63. The van der Waals surface area contributed by atoms with Crippen molar-refractivity contribution in [1.29, 1.82) is 0 Å². The number of aryl methyl sites for hydroxylation is 1. The maximum Gasteiger partial charge on any atom is 0.0763 e. The molecular weight excluding hydrogens is 324 g/mol. The fourth-order valence-electron chi connectivity index (χ4n) is 2.49. The number of hydrogen-bond donors (Lipinski definition) is 1. The van der Waals surface area contributed by atoms with E-state index in [1.54, 1.807) is 0 Å². The van der Waals surface area contributed by atoms with Crippen molar-refractivity contribution >= 4 is 15.9 Å². The zero-order valence-electron chi connectivity index (χ0n) is 12.8. The number of nitrogens with zero attached hydrogens (tertiary/aromatic N) is 1. The van der Waals surface area contributed by atoms with Crippen molar-refractivity contribution in [2.45, 2.75) is 39.2 Å². The van der Waals surface area contributed by atoms with Crippen LogP contribution in [0.1, 0.15) is 49.6 Å². The number of nitrogens with one attached hydrogen (secondary N) is 1. The van der Waals surface area contributed by atoms with Crippen molar-refractivity contribution in [3.8, 4) is 0 Å². The minimum Gasteiger partial charge on any atom is -0.305 e. The Morgan fingerprint density at radius 2 is 2.00 bits per heavy atom. The van der Waals surface area contributed by atoms with E-state index in [0.29, 0.717) is 0 Å². The van der Waals surface area contributed by atoms with Crippen LogP contribution >= 0.6 is 15.9 Å². The molecular formula is C18H23BrN2. The molecule has 0 saturated carbocycles. The first-order chi connectivity index (χ1) is 10.3. The molecule has 2 rings (SSSR count). The third-order valence-corrected chi connectivity index (χ3v) is 4.15. The summed E-state index contributed by atoms with van der Waals surface area (Å²) in [5.74, 6) is 0. The van der Waals surface area contributed by atoms with Gasteiger partial charge >= 0.3 is 0 Å². The Hall–Kier alpha value is -1.19. The van der Waals surface area contributed by atoms with Gasteiger partial charge in [-0.05, 0) is 58.6 Å². The van der Waals surface area contributed by atoms with Gasteiger partial charge in [-0.15, -0.1) is 0 Å². The van der Waals surface area contributed by atoms with Crippen molar-refractivity contribution < 1.29 is 0 Å². The van der Waals surface area contributed by atoms with Gasteiger partial charge in [-0.25, -0.2) is 0 Å². The Labute approximate surface area is 136 Å². The monoisotopic (exact) mass is 346 g/mol. The Morgan fingerprint density at radius 1 is 1.14 bits per heavy atom.